The number of rotatable bonds is 2. The number of nitrogens with zero attached hydrogens (tertiary/aromatic N) is 1. The zero-order chi connectivity index (χ0) is 16.4. The molecule has 126 valence electrons. The van der Waals surface area contributed by atoms with Crippen molar-refractivity contribution in [3.05, 3.63) is 12.2 Å². The van der Waals surface area contributed by atoms with Crippen molar-refractivity contribution >= 4 is 6.09 Å². The highest BCUT2D eigenvalue weighted by Crippen LogP contribution is 2.33. The lowest BCUT2D eigenvalue weighted by Gasteiger charge is -2.36. The molecule has 0 aromatic carbocycles. The zero-order valence-corrected chi connectivity index (χ0v) is 14.4. The lowest BCUT2D eigenvalue weighted by molar-refractivity contribution is -0.0633. The van der Waals surface area contributed by atoms with Crippen LogP contribution in [0.5, 0.6) is 0 Å². The maximum Gasteiger partial charge on any atom is 0.412 e. The van der Waals surface area contributed by atoms with Crippen molar-refractivity contribution in [3.63, 3.8) is 0 Å². The summed E-state index contributed by atoms with van der Waals surface area (Å²) in [5, 5.41) is 0. The van der Waals surface area contributed by atoms with Crippen LogP contribution in [0.25, 0.3) is 0 Å². The fourth-order valence-corrected chi connectivity index (χ4v) is 3.01. The predicted molar refractivity (Wildman–Crippen MR) is 84.6 cm³/mol. The van der Waals surface area contributed by atoms with E-state index >= 15 is 0 Å². The summed E-state index contributed by atoms with van der Waals surface area (Å²) >= 11 is 0. The molecule has 0 N–H and O–H groups in total. The number of allylic oxidation sites excluding steroid dienone is 1. The van der Waals surface area contributed by atoms with Gasteiger partial charge in [-0.2, -0.15) is 0 Å². The Hall–Kier alpha value is -1.07. The number of ether oxygens (including phenoxy) is 3. The minimum absolute atomic E-state index is 0.0324. The molecule has 0 saturated carbocycles. The third-order valence-corrected chi connectivity index (χ3v) is 3.97. The van der Waals surface area contributed by atoms with Gasteiger partial charge in [0.25, 0.3) is 0 Å². The van der Waals surface area contributed by atoms with E-state index in [0.29, 0.717) is 19.1 Å². The topological polar surface area (TPSA) is 48.0 Å². The Morgan fingerprint density at radius 3 is 2.73 bits per heavy atom. The van der Waals surface area contributed by atoms with E-state index in [1.807, 2.05) is 34.6 Å². The Balaban J connectivity index is 2.05. The van der Waals surface area contributed by atoms with Crippen LogP contribution >= 0.6 is 0 Å². The van der Waals surface area contributed by atoms with E-state index in [0.717, 1.165) is 19.4 Å². The van der Waals surface area contributed by atoms with Crippen molar-refractivity contribution in [3.8, 4) is 0 Å². The first-order valence-electron chi connectivity index (χ1n) is 8.08. The summed E-state index contributed by atoms with van der Waals surface area (Å²) in [6.07, 6.45) is 5.77. The minimum atomic E-state index is -0.631. The highest BCUT2D eigenvalue weighted by Gasteiger charge is 2.46. The fraction of sp³-hybridized carbons (Fsp3) is 0.824. The highest BCUT2D eigenvalue weighted by atomic mass is 16.6. The van der Waals surface area contributed by atoms with Crippen molar-refractivity contribution in [2.45, 2.75) is 64.8 Å². The van der Waals surface area contributed by atoms with Gasteiger partial charge in [-0.1, -0.05) is 12.2 Å². The van der Waals surface area contributed by atoms with Crippen molar-refractivity contribution in [1.82, 2.24) is 4.90 Å². The Kier molecular flexibility index (Phi) is 5.17. The molecule has 2 heterocycles. The van der Waals surface area contributed by atoms with Crippen LogP contribution in [0.3, 0.4) is 0 Å². The van der Waals surface area contributed by atoms with E-state index in [1.165, 1.54) is 0 Å². The Labute approximate surface area is 133 Å². The number of hydrogen-bond donors (Lipinski definition) is 0. The number of hydrogen-bond acceptors (Lipinski definition) is 4. The summed E-state index contributed by atoms with van der Waals surface area (Å²) < 4.78 is 17.0. The number of carbonyl (C=O) groups is 1. The predicted octanol–water partition coefficient (Wildman–Crippen LogP) is 3.34. The molecule has 5 nitrogen and oxygen atoms in total. The zero-order valence-electron chi connectivity index (χ0n) is 14.4. The van der Waals surface area contributed by atoms with Gasteiger partial charge in [0.2, 0.25) is 0 Å². The lowest BCUT2D eigenvalue weighted by atomic mass is 9.97. The molecule has 0 bridgehead atoms. The van der Waals surface area contributed by atoms with E-state index in [2.05, 4.69) is 12.2 Å². The van der Waals surface area contributed by atoms with Crippen LogP contribution in [0.4, 0.5) is 4.79 Å². The monoisotopic (exact) mass is 311 g/mol. The summed E-state index contributed by atoms with van der Waals surface area (Å²) in [7, 11) is 0. The van der Waals surface area contributed by atoms with E-state index in [9.17, 15) is 4.79 Å². The molecule has 2 unspecified atom stereocenters. The van der Waals surface area contributed by atoms with Gasteiger partial charge in [0, 0.05) is 0 Å². The molecular formula is C17H29NO4. The first-order valence-corrected chi connectivity index (χ1v) is 8.08. The van der Waals surface area contributed by atoms with Crippen LogP contribution < -0.4 is 0 Å². The summed E-state index contributed by atoms with van der Waals surface area (Å²) in [6.45, 7) is 11.4. The third-order valence-electron chi connectivity index (χ3n) is 3.97. The standard InChI is InChI=1S/C17H29NO4/c1-16(2,3)22-15(19)18-14(12-21-17(18,4)5)10-13-8-6-7-9-20-11-13/h6-7,13-14H,8-12H2,1-5H3. The second kappa shape index (κ2) is 6.59. The van der Waals surface area contributed by atoms with E-state index in [1.54, 1.807) is 4.90 Å². The largest absolute Gasteiger partial charge is 0.444 e. The van der Waals surface area contributed by atoms with Crippen LogP contribution in [0.2, 0.25) is 0 Å². The van der Waals surface area contributed by atoms with Crippen LogP contribution in [0.1, 0.15) is 47.5 Å². The molecule has 1 saturated heterocycles. The average molecular weight is 311 g/mol. The van der Waals surface area contributed by atoms with Crippen LogP contribution in [0.15, 0.2) is 12.2 Å². The molecule has 0 radical (unpaired) electrons. The first kappa shape index (κ1) is 17.3. The molecule has 2 aliphatic rings. The Morgan fingerprint density at radius 2 is 2.05 bits per heavy atom. The molecule has 2 aliphatic heterocycles. The molecule has 2 atom stereocenters. The maximum atomic E-state index is 12.6. The molecule has 2 rings (SSSR count). The molecule has 22 heavy (non-hydrogen) atoms. The first-order chi connectivity index (χ1) is 10.2. The van der Waals surface area contributed by atoms with Crippen molar-refractivity contribution in [1.29, 1.82) is 0 Å². The quantitative estimate of drug-likeness (QED) is 0.734. The van der Waals surface area contributed by atoms with E-state index in [-0.39, 0.29) is 12.1 Å². The molecule has 5 heteroatoms. The van der Waals surface area contributed by atoms with Gasteiger partial charge in [-0.05, 0) is 53.4 Å². The van der Waals surface area contributed by atoms with Gasteiger partial charge in [0.1, 0.15) is 11.3 Å². The molecule has 0 spiro atoms. The van der Waals surface area contributed by atoms with Gasteiger partial charge >= 0.3 is 6.09 Å². The Bertz CT molecular complexity index is 425. The summed E-state index contributed by atoms with van der Waals surface area (Å²) in [5.74, 6) is 0.409. The van der Waals surface area contributed by atoms with Gasteiger partial charge in [-0.25, -0.2) is 4.79 Å². The molecule has 0 aromatic rings. The Morgan fingerprint density at radius 1 is 1.32 bits per heavy atom. The SMILES string of the molecule is CC(C)(C)OC(=O)N1C(CC2CC=CCOC2)COC1(C)C. The lowest BCUT2D eigenvalue weighted by Crippen LogP contribution is -2.50. The second-order valence-corrected chi connectivity index (χ2v) is 7.61. The summed E-state index contributed by atoms with van der Waals surface area (Å²) in [5.41, 5.74) is -1.14. The van der Waals surface area contributed by atoms with Crippen molar-refractivity contribution in [2.75, 3.05) is 19.8 Å². The molecule has 1 fully saturated rings. The summed E-state index contributed by atoms with van der Waals surface area (Å²) in [4.78, 5) is 14.3. The van der Waals surface area contributed by atoms with Crippen molar-refractivity contribution in [2.24, 2.45) is 5.92 Å². The minimum Gasteiger partial charge on any atom is -0.444 e. The average Bonchev–Trinajstić information content (AvgIpc) is 2.55. The smallest absolute Gasteiger partial charge is 0.412 e. The fourth-order valence-electron chi connectivity index (χ4n) is 3.01. The van der Waals surface area contributed by atoms with Crippen LogP contribution in [-0.2, 0) is 14.2 Å². The van der Waals surface area contributed by atoms with Gasteiger partial charge in [-0.3, -0.25) is 4.90 Å². The van der Waals surface area contributed by atoms with E-state index < -0.39 is 11.3 Å². The maximum absolute atomic E-state index is 12.6. The number of amides is 1. The summed E-state index contributed by atoms with van der Waals surface area (Å²) in [6, 6.07) is 0.0324. The second-order valence-electron chi connectivity index (χ2n) is 7.61. The van der Waals surface area contributed by atoms with Crippen molar-refractivity contribution < 1.29 is 19.0 Å². The van der Waals surface area contributed by atoms with Gasteiger partial charge < -0.3 is 14.2 Å². The van der Waals surface area contributed by atoms with Crippen LogP contribution in [0, 0.1) is 5.92 Å². The van der Waals surface area contributed by atoms with Gasteiger partial charge in [0.15, 0.2) is 0 Å². The van der Waals surface area contributed by atoms with Gasteiger partial charge in [0.05, 0.1) is 25.9 Å². The number of carbonyl (C=O) groups excluding carboxylic acids is 1. The molecular weight excluding hydrogens is 282 g/mol. The van der Waals surface area contributed by atoms with Crippen LogP contribution in [-0.4, -0.2) is 48.2 Å². The highest BCUT2D eigenvalue weighted by molar-refractivity contribution is 5.69. The molecule has 0 aliphatic carbocycles. The third kappa shape index (κ3) is 4.46. The van der Waals surface area contributed by atoms with Gasteiger partial charge in [-0.15, -0.1) is 0 Å². The van der Waals surface area contributed by atoms with E-state index in [4.69, 9.17) is 14.2 Å². The normalized spacial score (nSPS) is 28.5. The molecule has 0 aromatic heterocycles. The molecule has 1 amide bonds.